The molecule has 1 atom stereocenters. The highest BCUT2D eigenvalue weighted by molar-refractivity contribution is 5.81. The average Bonchev–Trinajstić information content (AvgIpc) is 2.24. The SMILES string of the molecule is COCCC(C)(C)NC(=O)C(C)N(OC)C(C)(C)C. The lowest BCUT2D eigenvalue weighted by Crippen LogP contribution is -2.56. The van der Waals surface area contributed by atoms with E-state index in [-0.39, 0.29) is 23.0 Å². The Hall–Kier alpha value is -0.650. The first-order valence-corrected chi connectivity index (χ1v) is 6.69. The molecule has 0 aromatic rings. The van der Waals surface area contributed by atoms with E-state index in [0.717, 1.165) is 6.42 Å². The van der Waals surface area contributed by atoms with Crippen molar-refractivity contribution in [2.75, 3.05) is 20.8 Å². The van der Waals surface area contributed by atoms with Crippen molar-refractivity contribution in [3.05, 3.63) is 0 Å². The molecule has 0 radical (unpaired) electrons. The molecule has 0 saturated heterocycles. The lowest BCUT2D eigenvalue weighted by Gasteiger charge is -2.38. The summed E-state index contributed by atoms with van der Waals surface area (Å²) in [6.45, 7) is 12.5. The van der Waals surface area contributed by atoms with Gasteiger partial charge in [-0.1, -0.05) is 0 Å². The summed E-state index contributed by atoms with van der Waals surface area (Å²) in [5.74, 6) is -0.0436. The monoisotopic (exact) mass is 274 g/mol. The molecule has 0 saturated carbocycles. The van der Waals surface area contributed by atoms with Crippen LogP contribution in [0.3, 0.4) is 0 Å². The first kappa shape index (κ1) is 18.4. The van der Waals surface area contributed by atoms with Crippen LogP contribution in [0.25, 0.3) is 0 Å². The minimum atomic E-state index is -0.355. The number of hydrogen-bond donors (Lipinski definition) is 1. The Morgan fingerprint density at radius 3 is 2.11 bits per heavy atom. The standard InChI is InChI=1S/C14H30N2O3/c1-11(16(19-8)13(2,3)4)12(17)15-14(5,6)9-10-18-7/h11H,9-10H2,1-8H3,(H,15,17). The minimum absolute atomic E-state index is 0.0436. The van der Waals surface area contributed by atoms with Crippen molar-refractivity contribution in [2.24, 2.45) is 0 Å². The fraction of sp³-hybridized carbons (Fsp3) is 0.929. The zero-order chi connectivity index (χ0) is 15.3. The molecule has 0 aliphatic carbocycles. The van der Waals surface area contributed by atoms with E-state index >= 15 is 0 Å². The second-order valence-electron chi connectivity index (χ2n) is 6.47. The van der Waals surface area contributed by atoms with Crippen LogP contribution >= 0.6 is 0 Å². The van der Waals surface area contributed by atoms with Crippen LogP contribution in [0, 0.1) is 0 Å². The summed E-state index contributed by atoms with van der Waals surface area (Å²) in [4.78, 5) is 17.6. The lowest BCUT2D eigenvalue weighted by molar-refractivity contribution is -0.212. The molecule has 1 amide bonds. The molecule has 1 unspecified atom stereocenters. The molecule has 0 aliphatic rings. The van der Waals surface area contributed by atoms with Gasteiger partial charge in [-0.3, -0.25) is 4.79 Å². The molecule has 0 bridgehead atoms. The van der Waals surface area contributed by atoms with Crippen LogP contribution in [0.1, 0.15) is 48.0 Å². The second-order valence-corrected chi connectivity index (χ2v) is 6.47. The first-order valence-electron chi connectivity index (χ1n) is 6.69. The predicted octanol–water partition coefficient (Wildman–Crippen LogP) is 1.97. The highest BCUT2D eigenvalue weighted by Gasteiger charge is 2.33. The number of nitrogens with one attached hydrogen (secondary N) is 1. The van der Waals surface area contributed by atoms with Gasteiger partial charge in [0.2, 0.25) is 5.91 Å². The van der Waals surface area contributed by atoms with E-state index in [9.17, 15) is 4.79 Å². The zero-order valence-electron chi connectivity index (χ0n) is 13.7. The molecule has 0 heterocycles. The van der Waals surface area contributed by atoms with Gasteiger partial charge in [-0.15, -0.1) is 0 Å². The largest absolute Gasteiger partial charge is 0.385 e. The summed E-state index contributed by atoms with van der Waals surface area (Å²) in [5.41, 5.74) is -0.527. The van der Waals surface area contributed by atoms with E-state index in [1.165, 1.54) is 0 Å². The van der Waals surface area contributed by atoms with Gasteiger partial charge in [-0.05, 0) is 48.0 Å². The highest BCUT2D eigenvalue weighted by Crippen LogP contribution is 2.18. The smallest absolute Gasteiger partial charge is 0.239 e. The first-order chi connectivity index (χ1) is 8.55. The van der Waals surface area contributed by atoms with Gasteiger partial charge in [0, 0.05) is 24.8 Å². The molecule has 114 valence electrons. The summed E-state index contributed by atoms with van der Waals surface area (Å²) < 4.78 is 5.06. The van der Waals surface area contributed by atoms with Crippen LogP contribution in [-0.4, -0.2) is 48.9 Å². The van der Waals surface area contributed by atoms with Gasteiger partial charge in [0.15, 0.2) is 0 Å². The number of rotatable bonds is 7. The highest BCUT2D eigenvalue weighted by atomic mass is 16.7. The molecule has 5 heteroatoms. The summed E-state index contributed by atoms with van der Waals surface area (Å²) in [7, 11) is 3.25. The molecule has 0 aromatic heterocycles. The van der Waals surface area contributed by atoms with Crippen molar-refractivity contribution in [3.63, 3.8) is 0 Å². The Labute approximate surface area is 117 Å². The third kappa shape index (κ3) is 6.36. The fourth-order valence-corrected chi connectivity index (χ4v) is 1.98. The van der Waals surface area contributed by atoms with Crippen molar-refractivity contribution in [1.82, 2.24) is 10.4 Å². The Bertz CT molecular complexity index is 285. The average molecular weight is 274 g/mol. The van der Waals surface area contributed by atoms with Crippen molar-refractivity contribution in [3.8, 4) is 0 Å². The van der Waals surface area contributed by atoms with Crippen LogP contribution < -0.4 is 5.32 Å². The Morgan fingerprint density at radius 1 is 1.21 bits per heavy atom. The van der Waals surface area contributed by atoms with Gasteiger partial charge in [0.05, 0.1) is 7.11 Å². The van der Waals surface area contributed by atoms with Gasteiger partial charge in [-0.25, -0.2) is 0 Å². The van der Waals surface area contributed by atoms with Gasteiger partial charge in [0.1, 0.15) is 6.04 Å². The fourth-order valence-electron chi connectivity index (χ4n) is 1.98. The van der Waals surface area contributed by atoms with Crippen molar-refractivity contribution in [1.29, 1.82) is 0 Å². The maximum Gasteiger partial charge on any atom is 0.239 e. The van der Waals surface area contributed by atoms with E-state index in [1.807, 2.05) is 41.5 Å². The number of hydrogen-bond acceptors (Lipinski definition) is 4. The van der Waals surface area contributed by atoms with Crippen LogP contribution in [0.4, 0.5) is 0 Å². The number of methoxy groups -OCH3 is 1. The molecule has 0 rings (SSSR count). The third-order valence-electron chi connectivity index (χ3n) is 2.98. The van der Waals surface area contributed by atoms with E-state index in [0.29, 0.717) is 6.61 Å². The van der Waals surface area contributed by atoms with Gasteiger partial charge in [0.25, 0.3) is 0 Å². The molecule has 0 spiro atoms. The Balaban J connectivity index is 4.64. The van der Waals surface area contributed by atoms with E-state index in [4.69, 9.17) is 9.57 Å². The van der Waals surface area contributed by atoms with Crippen LogP contribution in [-0.2, 0) is 14.4 Å². The molecule has 5 nitrogen and oxygen atoms in total. The van der Waals surface area contributed by atoms with Crippen molar-refractivity contribution in [2.45, 2.75) is 65.1 Å². The second kappa shape index (κ2) is 7.22. The molecule has 19 heavy (non-hydrogen) atoms. The van der Waals surface area contributed by atoms with Crippen LogP contribution in [0.15, 0.2) is 0 Å². The molecule has 1 N–H and O–H groups in total. The Kier molecular flexibility index (Phi) is 6.97. The van der Waals surface area contributed by atoms with E-state index in [1.54, 1.807) is 19.3 Å². The van der Waals surface area contributed by atoms with Gasteiger partial charge >= 0.3 is 0 Å². The number of carbonyl (C=O) groups is 1. The maximum absolute atomic E-state index is 12.3. The lowest BCUT2D eigenvalue weighted by atomic mass is 10.00. The van der Waals surface area contributed by atoms with Crippen molar-refractivity contribution >= 4 is 5.91 Å². The summed E-state index contributed by atoms with van der Waals surface area (Å²) in [6.07, 6.45) is 0.768. The number of hydroxylamine groups is 2. The Morgan fingerprint density at radius 2 is 1.74 bits per heavy atom. The number of carbonyl (C=O) groups excluding carboxylic acids is 1. The van der Waals surface area contributed by atoms with Gasteiger partial charge < -0.3 is 14.9 Å². The normalized spacial score (nSPS) is 14.6. The topological polar surface area (TPSA) is 50.8 Å². The number of ether oxygens (including phenoxy) is 1. The predicted molar refractivity (Wildman–Crippen MR) is 76.8 cm³/mol. The summed E-state index contributed by atoms with van der Waals surface area (Å²) >= 11 is 0. The van der Waals surface area contributed by atoms with Crippen molar-refractivity contribution < 1.29 is 14.4 Å². The molecule has 0 aliphatic heterocycles. The van der Waals surface area contributed by atoms with Crippen LogP contribution in [0.5, 0.6) is 0 Å². The molecular formula is C14H30N2O3. The number of amides is 1. The molecular weight excluding hydrogens is 244 g/mol. The molecule has 0 aromatic carbocycles. The van der Waals surface area contributed by atoms with E-state index < -0.39 is 0 Å². The quantitative estimate of drug-likeness (QED) is 0.721. The van der Waals surface area contributed by atoms with Crippen LogP contribution in [0.2, 0.25) is 0 Å². The molecule has 0 fully saturated rings. The summed E-state index contributed by atoms with van der Waals surface area (Å²) in [5, 5.41) is 4.74. The maximum atomic E-state index is 12.3. The van der Waals surface area contributed by atoms with Gasteiger partial charge in [-0.2, -0.15) is 5.06 Å². The van der Waals surface area contributed by atoms with E-state index in [2.05, 4.69) is 5.32 Å². The minimum Gasteiger partial charge on any atom is -0.385 e. The number of nitrogens with zero attached hydrogens (tertiary/aromatic N) is 1. The third-order valence-corrected chi connectivity index (χ3v) is 2.98. The zero-order valence-corrected chi connectivity index (χ0v) is 13.7. The summed E-state index contributed by atoms with van der Waals surface area (Å²) in [6, 6.07) is -0.355.